The molecule has 1 saturated heterocycles. The molecule has 1 heterocycles. The van der Waals surface area contributed by atoms with Crippen LogP contribution in [0.3, 0.4) is 0 Å². The summed E-state index contributed by atoms with van der Waals surface area (Å²) in [5, 5.41) is 20.3. The van der Waals surface area contributed by atoms with Crippen LogP contribution in [0, 0.1) is 0 Å². The highest BCUT2D eigenvalue weighted by Gasteiger charge is 2.38. The van der Waals surface area contributed by atoms with Crippen molar-refractivity contribution in [2.75, 3.05) is 12.8 Å². The van der Waals surface area contributed by atoms with Gasteiger partial charge in [-0.15, -0.1) is 0 Å². The molecule has 8 nitrogen and oxygen atoms in total. The van der Waals surface area contributed by atoms with E-state index in [0.717, 1.165) is 10.6 Å². The molecule has 1 aliphatic rings. The Morgan fingerprint density at radius 2 is 2.00 bits per heavy atom. The Bertz CT molecular complexity index is 461. The fourth-order valence-corrected chi connectivity index (χ4v) is 3.16. The van der Waals surface area contributed by atoms with Crippen LogP contribution >= 0.6 is 0 Å². The van der Waals surface area contributed by atoms with Crippen LogP contribution in [0.5, 0.6) is 0 Å². The Kier molecular flexibility index (Phi) is 4.88. The average Bonchev–Trinajstić information content (AvgIpc) is 2.72. The van der Waals surface area contributed by atoms with Gasteiger partial charge in [0.25, 0.3) is 0 Å². The molecule has 0 saturated carbocycles. The Morgan fingerprint density at radius 3 is 2.42 bits per heavy atom. The van der Waals surface area contributed by atoms with Crippen LogP contribution in [-0.4, -0.2) is 65.8 Å². The van der Waals surface area contributed by atoms with Crippen LogP contribution in [-0.2, 0) is 19.6 Å². The third-order valence-electron chi connectivity index (χ3n) is 2.98. The lowest BCUT2D eigenvalue weighted by Gasteiger charge is -2.24. The second kappa shape index (κ2) is 5.85. The maximum atomic E-state index is 11.9. The van der Waals surface area contributed by atoms with Crippen LogP contribution in [0.25, 0.3) is 0 Å². The van der Waals surface area contributed by atoms with Gasteiger partial charge in [0, 0.05) is 6.54 Å². The molecule has 0 radical (unpaired) electrons. The van der Waals surface area contributed by atoms with Gasteiger partial charge in [-0.05, 0) is 19.8 Å². The number of carbonyl (C=O) groups is 2. The van der Waals surface area contributed by atoms with Crippen molar-refractivity contribution in [3.63, 3.8) is 0 Å². The van der Waals surface area contributed by atoms with E-state index in [-0.39, 0.29) is 6.54 Å². The van der Waals surface area contributed by atoms with Crippen molar-refractivity contribution in [2.24, 2.45) is 0 Å². The van der Waals surface area contributed by atoms with E-state index in [2.05, 4.69) is 5.32 Å². The molecule has 19 heavy (non-hydrogen) atoms. The molecule has 1 rings (SSSR count). The molecule has 1 unspecified atom stereocenters. The molecule has 1 aliphatic heterocycles. The highest BCUT2D eigenvalue weighted by molar-refractivity contribution is 7.88. The fraction of sp³-hybridized carbons (Fsp3) is 0.800. The van der Waals surface area contributed by atoms with Crippen LogP contribution < -0.4 is 5.32 Å². The Morgan fingerprint density at radius 1 is 1.42 bits per heavy atom. The number of hydrogen-bond donors (Lipinski definition) is 3. The van der Waals surface area contributed by atoms with Gasteiger partial charge in [0.05, 0.1) is 12.4 Å². The minimum absolute atomic E-state index is 0.239. The lowest BCUT2D eigenvalue weighted by atomic mass is 10.1. The molecule has 9 heteroatoms. The van der Waals surface area contributed by atoms with Crippen LogP contribution in [0.4, 0.5) is 0 Å². The second-order valence-electron chi connectivity index (χ2n) is 4.60. The first-order valence-corrected chi connectivity index (χ1v) is 7.67. The first kappa shape index (κ1) is 15.9. The smallest absolute Gasteiger partial charge is 0.328 e. The Hall–Kier alpha value is -1.19. The van der Waals surface area contributed by atoms with Gasteiger partial charge in [-0.2, -0.15) is 4.31 Å². The van der Waals surface area contributed by atoms with Gasteiger partial charge in [-0.25, -0.2) is 13.2 Å². The van der Waals surface area contributed by atoms with Gasteiger partial charge < -0.3 is 15.5 Å². The minimum Gasteiger partial charge on any atom is -0.480 e. The molecule has 0 aromatic rings. The summed E-state index contributed by atoms with van der Waals surface area (Å²) < 4.78 is 24.0. The van der Waals surface area contributed by atoms with Gasteiger partial charge in [-0.3, -0.25) is 4.79 Å². The molecule has 3 N–H and O–H groups in total. The highest BCUT2D eigenvalue weighted by Crippen LogP contribution is 2.20. The number of nitrogens with zero attached hydrogens (tertiary/aromatic N) is 1. The van der Waals surface area contributed by atoms with Crippen molar-refractivity contribution in [1.29, 1.82) is 0 Å². The van der Waals surface area contributed by atoms with Crippen LogP contribution in [0.2, 0.25) is 0 Å². The molecule has 0 aromatic carbocycles. The quantitative estimate of drug-likeness (QED) is 0.558. The van der Waals surface area contributed by atoms with Gasteiger partial charge in [0.2, 0.25) is 15.9 Å². The van der Waals surface area contributed by atoms with Gasteiger partial charge >= 0.3 is 5.97 Å². The van der Waals surface area contributed by atoms with Crippen LogP contribution in [0.15, 0.2) is 0 Å². The molecule has 1 fully saturated rings. The van der Waals surface area contributed by atoms with E-state index >= 15 is 0 Å². The minimum atomic E-state index is -3.51. The van der Waals surface area contributed by atoms with Crippen molar-refractivity contribution in [3.05, 3.63) is 0 Å². The van der Waals surface area contributed by atoms with Gasteiger partial charge in [0.15, 0.2) is 6.04 Å². The monoisotopic (exact) mass is 294 g/mol. The first-order chi connectivity index (χ1) is 8.64. The highest BCUT2D eigenvalue weighted by atomic mass is 32.2. The SMILES string of the molecule is C[C@@H](O)[C@H](NC(=O)C1CCCN1S(C)(=O)=O)C(=O)O. The third kappa shape index (κ3) is 3.88. The molecule has 0 spiro atoms. The summed E-state index contributed by atoms with van der Waals surface area (Å²) in [6.45, 7) is 1.48. The summed E-state index contributed by atoms with van der Waals surface area (Å²) in [5.41, 5.74) is 0. The number of nitrogens with one attached hydrogen (secondary N) is 1. The summed E-state index contributed by atoms with van der Waals surface area (Å²) in [6.07, 6.45) is 0.611. The topological polar surface area (TPSA) is 124 Å². The molecule has 0 bridgehead atoms. The molecule has 110 valence electrons. The molecule has 0 aromatic heterocycles. The van der Waals surface area contributed by atoms with E-state index in [1.807, 2.05) is 0 Å². The van der Waals surface area contributed by atoms with E-state index in [9.17, 15) is 23.1 Å². The largest absolute Gasteiger partial charge is 0.480 e. The van der Waals surface area contributed by atoms with Crippen molar-refractivity contribution in [3.8, 4) is 0 Å². The zero-order valence-electron chi connectivity index (χ0n) is 10.7. The summed E-state index contributed by atoms with van der Waals surface area (Å²) in [6, 6.07) is -2.36. The number of aliphatic hydroxyl groups is 1. The molecule has 1 amide bonds. The number of hydrogen-bond acceptors (Lipinski definition) is 5. The zero-order chi connectivity index (χ0) is 14.8. The number of carbonyl (C=O) groups excluding carboxylic acids is 1. The van der Waals surface area contributed by atoms with Gasteiger partial charge in [-0.1, -0.05) is 0 Å². The van der Waals surface area contributed by atoms with Crippen LogP contribution in [0.1, 0.15) is 19.8 Å². The van der Waals surface area contributed by atoms with Gasteiger partial charge in [0.1, 0.15) is 6.04 Å². The summed E-state index contributed by atoms with van der Waals surface area (Å²) in [5.74, 6) is -2.07. The first-order valence-electron chi connectivity index (χ1n) is 5.82. The van der Waals surface area contributed by atoms with Crippen molar-refractivity contribution < 1.29 is 28.2 Å². The Balaban J connectivity index is 2.80. The predicted molar refractivity (Wildman–Crippen MR) is 65.8 cm³/mol. The van der Waals surface area contributed by atoms with Crippen molar-refractivity contribution in [2.45, 2.75) is 38.0 Å². The number of aliphatic hydroxyl groups excluding tert-OH is 1. The summed E-state index contributed by atoms with van der Waals surface area (Å²) >= 11 is 0. The molecular weight excluding hydrogens is 276 g/mol. The fourth-order valence-electron chi connectivity index (χ4n) is 2.04. The molecule has 3 atom stereocenters. The number of aliphatic carboxylic acids is 1. The Labute approximate surface area is 111 Å². The number of amides is 1. The van der Waals surface area contributed by atoms with E-state index in [0.29, 0.717) is 12.8 Å². The predicted octanol–water partition coefficient (Wildman–Crippen LogP) is -1.64. The van der Waals surface area contributed by atoms with E-state index < -0.39 is 40.1 Å². The maximum absolute atomic E-state index is 11.9. The lowest BCUT2D eigenvalue weighted by Crippen LogP contribution is -2.53. The number of rotatable bonds is 5. The molecular formula is C10H18N2O6S. The zero-order valence-corrected chi connectivity index (χ0v) is 11.6. The van der Waals surface area contributed by atoms with Crippen molar-refractivity contribution >= 4 is 21.9 Å². The summed E-state index contributed by atoms with van der Waals surface area (Å²) in [7, 11) is -3.51. The normalized spacial score (nSPS) is 23.8. The van der Waals surface area contributed by atoms with E-state index in [1.165, 1.54) is 6.92 Å². The van der Waals surface area contributed by atoms with E-state index in [1.54, 1.807) is 0 Å². The standard InChI is InChI=1S/C10H18N2O6S/c1-6(13)8(10(15)16)11-9(14)7-4-3-5-12(7)19(2,17)18/h6-8,13H,3-5H2,1-2H3,(H,11,14)(H,15,16)/t6-,7?,8+/m1/s1. The lowest BCUT2D eigenvalue weighted by molar-refractivity contribution is -0.145. The summed E-state index contributed by atoms with van der Waals surface area (Å²) in [4.78, 5) is 22.8. The van der Waals surface area contributed by atoms with Crippen molar-refractivity contribution in [1.82, 2.24) is 9.62 Å². The third-order valence-corrected chi connectivity index (χ3v) is 4.27. The number of carboxylic acid groups (broad SMARTS) is 1. The number of sulfonamides is 1. The van der Waals surface area contributed by atoms with E-state index in [4.69, 9.17) is 5.11 Å². The number of carboxylic acids is 1. The molecule has 0 aliphatic carbocycles. The second-order valence-corrected chi connectivity index (χ2v) is 6.53. The average molecular weight is 294 g/mol. The maximum Gasteiger partial charge on any atom is 0.328 e.